The molecule has 1 saturated heterocycles. The van der Waals surface area contributed by atoms with Crippen molar-refractivity contribution in [3.63, 3.8) is 0 Å². The lowest BCUT2D eigenvalue weighted by atomic mass is 9.94. The standard InChI is InChI=1S/C27H30N2O5/c1-5-13-33-21-8-6-7-18(16-21)24-23(26(31)27(32)29(24)12-11-28(3)4)25(30)19-9-10-22-20(15-19)14-17(2)34-22/h5-10,15-17,24,30H,1,11-14H2,2-4H3/b25-23+. The number of carbonyl (C=O) groups excluding carboxylic acids is 2. The number of likely N-dealkylation sites (N-methyl/N-ethyl adjacent to an activating group) is 1. The molecule has 2 aromatic rings. The summed E-state index contributed by atoms with van der Waals surface area (Å²) in [6.07, 6.45) is 2.38. The van der Waals surface area contributed by atoms with E-state index in [1.54, 1.807) is 42.5 Å². The van der Waals surface area contributed by atoms with Gasteiger partial charge in [0, 0.05) is 12.0 Å². The van der Waals surface area contributed by atoms with E-state index in [4.69, 9.17) is 9.47 Å². The molecule has 1 fully saturated rings. The van der Waals surface area contributed by atoms with Crippen LogP contribution in [0.15, 0.2) is 60.7 Å². The molecular formula is C27H30N2O5. The molecule has 0 spiro atoms. The highest BCUT2D eigenvalue weighted by Gasteiger charge is 2.44. The molecule has 2 aliphatic rings. The molecule has 178 valence electrons. The number of nitrogens with one attached hydrogen (secondary N) is 1. The molecular weight excluding hydrogens is 432 g/mol. The highest BCUT2D eigenvalue weighted by atomic mass is 16.5. The summed E-state index contributed by atoms with van der Waals surface area (Å²) in [5.41, 5.74) is 1.96. The Labute approximate surface area is 199 Å². The summed E-state index contributed by atoms with van der Waals surface area (Å²) in [5.74, 6) is -0.487. The fourth-order valence-electron chi connectivity index (χ4n) is 4.44. The molecule has 34 heavy (non-hydrogen) atoms. The molecule has 7 nitrogen and oxygen atoms in total. The number of quaternary nitrogens is 1. The molecule has 0 saturated carbocycles. The Balaban J connectivity index is 1.80. The molecule has 4 rings (SSSR count). The molecule has 2 unspecified atom stereocenters. The Hall–Kier alpha value is -3.58. The lowest BCUT2D eigenvalue weighted by Gasteiger charge is -2.28. The van der Waals surface area contributed by atoms with E-state index in [0.717, 1.165) is 16.2 Å². The van der Waals surface area contributed by atoms with Crippen molar-refractivity contribution in [3.05, 3.63) is 77.4 Å². The van der Waals surface area contributed by atoms with Crippen LogP contribution in [0.2, 0.25) is 0 Å². The van der Waals surface area contributed by atoms with Gasteiger partial charge < -0.3 is 24.4 Å². The van der Waals surface area contributed by atoms with Crippen molar-refractivity contribution in [1.82, 2.24) is 4.90 Å². The van der Waals surface area contributed by atoms with E-state index in [1.165, 1.54) is 4.90 Å². The van der Waals surface area contributed by atoms with Gasteiger partial charge in [-0.1, -0.05) is 36.6 Å². The van der Waals surface area contributed by atoms with Crippen molar-refractivity contribution in [2.24, 2.45) is 0 Å². The van der Waals surface area contributed by atoms with E-state index < -0.39 is 23.5 Å². The zero-order chi connectivity index (χ0) is 24.4. The van der Waals surface area contributed by atoms with Crippen LogP contribution in [0, 0.1) is 0 Å². The van der Waals surface area contributed by atoms with Crippen LogP contribution in [0.1, 0.15) is 29.7 Å². The first kappa shape index (κ1) is 23.6. The Bertz CT molecular complexity index is 1150. The molecule has 0 radical (unpaired) electrons. The van der Waals surface area contributed by atoms with Gasteiger partial charge in [-0.25, -0.2) is 0 Å². The van der Waals surface area contributed by atoms with E-state index in [-0.39, 0.29) is 11.7 Å². The molecule has 2 heterocycles. The van der Waals surface area contributed by atoms with Gasteiger partial charge in [-0.2, -0.15) is 0 Å². The monoisotopic (exact) mass is 462 g/mol. The van der Waals surface area contributed by atoms with E-state index >= 15 is 0 Å². The van der Waals surface area contributed by atoms with Crippen LogP contribution in [0.5, 0.6) is 11.5 Å². The number of amides is 1. The highest BCUT2D eigenvalue weighted by molar-refractivity contribution is 6.46. The summed E-state index contributed by atoms with van der Waals surface area (Å²) in [6, 6.07) is 11.6. The molecule has 0 aliphatic carbocycles. The number of carbonyl (C=O) groups is 2. The molecule has 0 aromatic heterocycles. The first-order chi connectivity index (χ1) is 16.3. The van der Waals surface area contributed by atoms with Crippen LogP contribution in [0.25, 0.3) is 5.76 Å². The van der Waals surface area contributed by atoms with Gasteiger partial charge in [0.25, 0.3) is 5.91 Å². The Morgan fingerprint density at radius 2 is 2.06 bits per heavy atom. The fourth-order valence-corrected chi connectivity index (χ4v) is 4.44. The number of fused-ring (bicyclic) bond motifs is 1. The van der Waals surface area contributed by atoms with Gasteiger partial charge >= 0.3 is 0 Å². The van der Waals surface area contributed by atoms with Gasteiger partial charge in [-0.3, -0.25) is 9.59 Å². The molecule has 0 bridgehead atoms. The largest absolute Gasteiger partial charge is 0.872 e. The van der Waals surface area contributed by atoms with Gasteiger partial charge in [-0.15, -0.1) is 0 Å². The predicted octanol–water partition coefficient (Wildman–Crippen LogP) is 0.943. The third-order valence-electron chi connectivity index (χ3n) is 6.08. The van der Waals surface area contributed by atoms with Gasteiger partial charge in [0.15, 0.2) is 0 Å². The maximum absolute atomic E-state index is 13.7. The first-order valence-corrected chi connectivity index (χ1v) is 11.5. The topological polar surface area (TPSA) is 83.3 Å². The first-order valence-electron chi connectivity index (χ1n) is 11.5. The van der Waals surface area contributed by atoms with Crippen LogP contribution >= 0.6 is 0 Å². The zero-order valence-corrected chi connectivity index (χ0v) is 19.8. The Morgan fingerprint density at radius 1 is 1.26 bits per heavy atom. The zero-order valence-electron chi connectivity index (χ0n) is 19.8. The molecule has 2 aliphatic heterocycles. The number of hydrogen-bond donors (Lipinski definition) is 1. The summed E-state index contributed by atoms with van der Waals surface area (Å²) in [7, 11) is 3.95. The maximum atomic E-state index is 13.7. The van der Waals surface area contributed by atoms with Gasteiger partial charge in [0.2, 0.25) is 5.78 Å². The minimum absolute atomic E-state index is 0.0217. The quantitative estimate of drug-likeness (QED) is 0.273. The Kier molecular flexibility index (Phi) is 6.75. The van der Waals surface area contributed by atoms with Crippen molar-refractivity contribution >= 4 is 17.4 Å². The number of ether oxygens (including phenoxy) is 2. The highest BCUT2D eigenvalue weighted by Crippen LogP contribution is 2.40. The van der Waals surface area contributed by atoms with Crippen LogP contribution in [0.3, 0.4) is 0 Å². The molecule has 2 aromatic carbocycles. The van der Waals surface area contributed by atoms with Crippen molar-refractivity contribution in [2.45, 2.75) is 25.5 Å². The number of likely N-dealkylation sites (tertiary alicyclic amines) is 1. The number of rotatable bonds is 8. The van der Waals surface area contributed by atoms with Crippen LogP contribution in [-0.2, 0) is 16.0 Å². The average molecular weight is 463 g/mol. The van der Waals surface area contributed by atoms with Gasteiger partial charge in [-0.05, 0) is 47.9 Å². The van der Waals surface area contributed by atoms with Crippen molar-refractivity contribution in [3.8, 4) is 11.5 Å². The van der Waals surface area contributed by atoms with Crippen LogP contribution < -0.4 is 19.5 Å². The number of nitrogens with zero attached hydrogens (tertiary/aromatic N) is 1. The number of benzene rings is 2. The van der Waals surface area contributed by atoms with Gasteiger partial charge in [0.1, 0.15) is 24.2 Å². The normalized spacial score (nSPS) is 21.0. The second-order valence-electron chi connectivity index (χ2n) is 9.06. The molecule has 1 amide bonds. The third-order valence-corrected chi connectivity index (χ3v) is 6.08. The fraction of sp³-hybridized carbons (Fsp3) is 0.333. The van der Waals surface area contributed by atoms with Crippen molar-refractivity contribution in [1.29, 1.82) is 0 Å². The molecule has 2 atom stereocenters. The summed E-state index contributed by atoms with van der Waals surface area (Å²) in [6.45, 7) is 6.94. The smallest absolute Gasteiger partial charge is 0.295 e. The maximum Gasteiger partial charge on any atom is 0.295 e. The van der Waals surface area contributed by atoms with E-state index in [2.05, 4.69) is 6.58 Å². The van der Waals surface area contributed by atoms with Crippen LogP contribution in [0.4, 0.5) is 0 Å². The third kappa shape index (κ3) is 4.56. The average Bonchev–Trinajstić information content (AvgIpc) is 3.31. The van der Waals surface area contributed by atoms with E-state index in [0.29, 0.717) is 43.0 Å². The molecule has 7 heteroatoms. The summed E-state index contributed by atoms with van der Waals surface area (Å²) >= 11 is 0. The predicted molar refractivity (Wildman–Crippen MR) is 126 cm³/mol. The van der Waals surface area contributed by atoms with Crippen molar-refractivity contribution in [2.75, 3.05) is 33.8 Å². The number of hydrogen-bond acceptors (Lipinski definition) is 5. The second-order valence-corrected chi connectivity index (χ2v) is 9.06. The van der Waals surface area contributed by atoms with Gasteiger partial charge in [0.05, 0.1) is 33.2 Å². The Morgan fingerprint density at radius 3 is 2.79 bits per heavy atom. The summed E-state index contributed by atoms with van der Waals surface area (Å²) < 4.78 is 11.4. The minimum Gasteiger partial charge on any atom is -0.872 e. The van der Waals surface area contributed by atoms with Crippen LogP contribution in [-0.4, -0.2) is 56.5 Å². The lowest BCUT2D eigenvalue weighted by molar-refractivity contribution is -0.857. The summed E-state index contributed by atoms with van der Waals surface area (Å²) in [4.78, 5) is 28.9. The minimum atomic E-state index is -0.775. The van der Waals surface area contributed by atoms with Crippen molar-refractivity contribution < 1.29 is 29.1 Å². The number of Topliss-reactive ketones (excluding diaryl/α,β-unsaturated/α-hetero) is 1. The summed E-state index contributed by atoms with van der Waals surface area (Å²) in [5, 5.41) is 13.7. The number of ketones is 1. The van der Waals surface area contributed by atoms with E-state index in [1.807, 2.05) is 27.1 Å². The lowest BCUT2D eigenvalue weighted by Crippen LogP contribution is -3.06. The van der Waals surface area contributed by atoms with E-state index in [9.17, 15) is 14.7 Å². The second kappa shape index (κ2) is 9.73. The molecule has 1 N–H and O–H groups in total. The SMILES string of the molecule is C=CCOc1cccc(C2/C(=C(\[O-])c3ccc4c(c3)CC(C)O4)C(=O)C(=O)N2CC[NH+](C)C)c1.